The molecule has 0 radical (unpaired) electrons. The summed E-state index contributed by atoms with van der Waals surface area (Å²) in [6.45, 7) is 7.01. The molecule has 0 aromatic rings. The monoisotopic (exact) mass is 155 g/mol. The van der Waals surface area contributed by atoms with E-state index in [-0.39, 0.29) is 11.5 Å². The van der Waals surface area contributed by atoms with Crippen molar-refractivity contribution >= 4 is 5.78 Å². The van der Waals surface area contributed by atoms with Gasteiger partial charge in [0, 0.05) is 18.0 Å². The minimum atomic E-state index is 0.219. The van der Waals surface area contributed by atoms with E-state index in [9.17, 15) is 4.79 Å². The van der Waals surface area contributed by atoms with Crippen molar-refractivity contribution in [2.45, 2.75) is 32.7 Å². The lowest BCUT2D eigenvalue weighted by molar-refractivity contribution is -0.120. The molecular weight excluding hydrogens is 138 g/mol. The van der Waals surface area contributed by atoms with Gasteiger partial charge >= 0.3 is 0 Å². The van der Waals surface area contributed by atoms with Crippen LogP contribution in [0.15, 0.2) is 0 Å². The lowest BCUT2D eigenvalue weighted by Crippen LogP contribution is -2.34. The van der Waals surface area contributed by atoms with E-state index in [4.69, 9.17) is 0 Å². The fraction of sp³-hybridized carbons (Fsp3) is 0.889. The fourth-order valence-electron chi connectivity index (χ4n) is 1.67. The quantitative estimate of drug-likeness (QED) is 0.569. The molecule has 0 aromatic heterocycles. The fourth-order valence-corrected chi connectivity index (χ4v) is 1.67. The van der Waals surface area contributed by atoms with Crippen LogP contribution in [0.3, 0.4) is 0 Å². The Morgan fingerprint density at radius 3 is 2.27 bits per heavy atom. The number of nitrogens with zero attached hydrogens (tertiary/aromatic N) is 1. The number of ketones is 1. The summed E-state index contributed by atoms with van der Waals surface area (Å²) in [4.78, 5) is 13.3. The molecular formula is C9H17NO. The van der Waals surface area contributed by atoms with E-state index in [2.05, 4.69) is 25.8 Å². The van der Waals surface area contributed by atoms with Crippen molar-refractivity contribution in [3.8, 4) is 0 Å². The normalized spacial score (nSPS) is 30.7. The first-order chi connectivity index (χ1) is 4.93. The smallest absolute Gasteiger partial charge is 0.134 e. The summed E-state index contributed by atoms with van der Waals surface area (Å²) < 4.78 is 0. The number of likely N-dealkylation sites (tertiary alicyclic amines) is 1. The van der Waals surface area contributed by atoms with Crippen molar-refractivity contribution in [1.82, 2.24) is 4.90 Å². The second kappa shape index (κ2) is 2.59. The van der Waals surface area contributed by atoms with E-state index in [1.807, 2.05) is 0 Å². The van der Waals surface area contributed by atoms with Gasteiger partial charge in [0.15, 0.2) is 0 Å². The third-order valence-corrected chi connectivity index (χ3v) is 2.85. The molecule has 0 N–H and O–H groups in total. The van der Waals surface area contributed by atoms with E-state index in [1.165, 1.54) is 0 Å². The molecule has 1 rings (SSSR count). The standard InChI is InChI=1S/C9H17NO/c1-7(11)8-5-9(2,3)10(4)6-8/h8H,5-6H2,1-4H3/t8-/m1/s1. The molecule has 0 aliphatic carbocycles. The number of Topliss-reactive ketones (excluding diaryl/α,β-unsaturated/α-hetero) is 1. The van der Waals surface area contributed by atoms with E-state index in [0.29, 0.717) is 5.78 Å². The van der Waals surface area contributed by atoms with Crippen molar-refractivity contribution in [1.29, 1.82) is 0 Å². The highest BCUT2D eigenvalue weighted by molar-refractivity contribution is 5.79. The van der Waals surface area contributed by atoms with E-state index in [1.54, 1.807) is 6.92 Å². The third-order valence-electron chi connectivity index (χ3n) is 2.85. The van der Waals surface area contributed by atoms with Crippen LogP contribution in [0.5, 0.6) is 0 Å². The first kappa shape index (κ1) is 8.72. The lowest BCUT2D eigenvalue weighted by Gasteiger charge is -2.26. The Balaban J connectivity index is 2.64. The summed E-state index contributed by atoms with van der Waals surface area (Å²) in [5, 5.41) is 0. The molecule has 1 aliphatic heterocycles. The highest BCUT2D eigenvalue weighted by Crippen LogP contribution is 2.31. The molecule has 0 aromatic carbocycles. The summed E-state index contributed by atoms with van der Waals surface area (Å²) in [5.41, 5.74) is 0.219. The van der Waals surface area contributed by atoms with Gasteiger partial charge in [-0.15, -0.1) is 0 Å². The second-order valence-corrected chi connectivity index (χ2v) is 4.20. The Bertz CT molecular complexity index is 174. The van der Waals surface area contributed by atoms with Crippen molar-refractivity contribution in [3.63, 3.8) is 0 Å². The predicted molar refractivity (Wildman–Crippen MR) is 45.5 cm³/mol. The molecule has 2 nitrogen and oxygen atoms in total. The van der Waals surface area contributed by atoms with Crippen molar-refractivity contribution < 1.29 is 4.79 Å². The molecule has 1 atom stereocenters. The van der Waals surface area contributed by atoms with Crippen LogP contribution in [0.1, 0.15) is 27.2 Å². The minimum Gasteiger partial charge on any atom is -0.301 e. The Morgan fingerprint density at radius 2 is 2.09 bits per heavy atom. The van der Waals surface area contributed by atoms with Gasteiger partial charge in [-0.1, -0.05) is 0 Å². The van der Waals surface area contributed by atoms with Gasteiger partial charge in [0.05, 0.1) is 0 Å². The first-order valence-electron chi connectivity index (χ1n) is 4.15. The van der Waals surface area contributed by atoms with Crippen LogP contribution >= 0.6 is 0 Å². The number of rotatable bonds is 1. The zero-order chi connectivity index (χ0) is 8.65. The summed E-state index contributed by atoms with van der Waals surface area (Å²) in [7, 11) is 2.09. The van der Waals surface area contributed by atoms with Gasteiger partial charge in [-0.2, -0.15) is 0 Å². The topological polar surface area (TPSA) is 20.3 Å². The molecule has 2 heteroatoms. The van der Waals surface area contributed by atoms with E-state index in [0.717, 1.165) is 13.0 Å². The number of carbonyl (C=O) groups is 1. The Kier molecular flexibility index (Phi) is 2.06. The molecule has 64 valence electrons. The van der Waals surface area contributed by atoms with Crippen LogP contribution in [0.4, 0.5) is 0 Å². The zero-order valence-electron chi connectivity index (χ0n) is 7.85. The van der Waals surface area contributed by atoms with E-state index >= 15 is 0 Å². The second-order valence-electron chi connectivity index (χ2n) is 4.20. The van der Waals surface area contributed by atoms with Gasteiger partial charge in [-0.05, 0) is 34.2 Å². The van der Waals surface area contributed by atoms with Gasteiger partial charge in [-0.3, -0.25) is 4.79 Å². The number of hydrogen-bond donors (Lipinski definition) is 0. The molecule has 1 fully saturated rings. The van der Waals surface area contributed by atoms with Crippen molar-refractivity contribution in [2.75, 3.05) is 13.6 Å². The maximum atomic E-state index is 11.1. The highest BCUT2D eigenvalue weighted by atomic mass is 16.1. The number of carbonyl (C=O) groups excluding carboxylic acids is 1. The minimum absolute atomic E-state index is 0.219. The van der Waals surface area contributed by atoms with Gasteiger partial charge in [0.2, 0.25) is 0 Å². The number of hydrogen-bond acceptors (Lipinski definition) is 2. The molecule has 1 aliphatic rings. The molecule has 0 saturated carbocycles. The van der Waals surface area contributed by atoms with E-state index < -0.39 is 0 Å². The van der Waals surface area contributed by atoms with Crippen LogP contribution in [0.25, 0.3) is 0 Å². The Morgan fingerprint density at radius 1 is 1.55 bits per heavy atom. The summed E-state index contributed by atoms with van der Waals surface area (Å²) in [6, 6.07) is 0. The molecule has 1 heterocycles. The Hall–Kier alpha value is -0.370. The van der Waals surface area contributed by atoms with Gasteiger partial charge in [-0.25, -0.2) is 0 Å². The maximum Gasteiger partial charge on any atom is 0.134 e. The molecule has 0 amide bonds. The van der Waals surface area contributed by atoms with Gasteiger partial charge in [0.1, 0.15) is 5.78 Å². The molecule has 1 saturated heterocycles. The van der Waals surface area contributed by atoms with Crippen LogP contribution in [-0.2, 0) is 4.79 Å². The molecule has 0 spiro atoms. The van der Waals surface area contributed by atoms with Crippen LogP contribution in [0, 0.1) is 5.92 Å². The zero-order valence-corrected chi connectivity index (χ0v) is 7.85. The maximum absolute atomic E-state index is 11.1. The largest absolute Gasteiger partial charge is 0.301 e. The SMILES string of the molecule is CC(=O)[C@H]1CN(C)C(C)(C)C1. The van der Waals surface area contributed by atoms with Crippen LogP contribution < -0.4 is 0 Å². The Labute approximate surface area is 68.6 Å². The summed E-state index contributed by atoms with van der Waals surface area (Å²) in [6.07, 6.45) is 1.01. The molecule has 0 bridgehead atoms. The molecule has 0 unspecified atom stereocenters. The average molecular weight is 155 g/mol. The van der Waals surface area contributed by atoms with Crippen LogP contribution in [-0.4, -0.2) is 29.8 Å². The summed E-state index contributed by atoms with van der Waals surface area (Å²) in [5.74, 6) is 0.609. The predicted octanol–water partition coefficient (Wildman–Crippen LogP) is 1.31. The average Bonchev–Trinajstić information content (AvgIpc) is 2.08. The van der Waals surface area contributed by atoms with Gasteiger partial charge in [0.25, 0.3) is 0 Å². The molecule has 11 heavy (non-hydrogen) atoms. The highest BCUT2D eigenvalue weighted by Gasteiger charge is 2.37. The van der Waals surface area contributed by atoms with Crippen LogP contribution in [0.2, 0.25) is 0 Å². The van der Waals surface area contributed by atoms with Crippen molar-refractivity contribution in [2.24, 2.45) is 5.92 Å². The van der Waals surface area contributed by atoms with Gasteiger partial charge < -0.3 is 4.90 Å². The summed E-state index contributed by atoms with van der Waals surface area (Å²) >= 11 is 0. The van der Waals surface area contributed by atoms with Crippen molar-refractivity contribution in [3.05, 3.63) is 0 Å². The first-order valence-corrected chi connectivity index (χ1v) is 4.15. The third kappa shape index (κ3) is 1.62. The lowest BCUT2D eigenvalue weighted by atomic mass is 9.94.